The number of nitrogens with one attached hydrogen (secondary N) is 1. The summed E-state index contributed by atoms with van der Waals surface area (Å²) >= 11 is 0. The third kappa shape index (κ3) is 4.58. The molecule has 132 valence electrons. The molecule has 0 aliphatic rings. The molecule has 0 aliphatic carbocycles. The van der Waals surface area contributed by atoms with Gasteiger partial charge in [-0.3, -0.25) is 5.43 Å². The van der Waals surface area contributed by atoms with Gasteiger partial charge in [0.25, 0.3) is 0 Å². The molecule has 0 aromatic heterocycles. The number of hydrazone groups is 1. The van der Waals surface area contributed by atoms with Crippen molar-refractivity contribution in [1.82, 2.24) is 0 Å². The van der Waals surface area contributed by atoms with E-state index in [1.54, 1.807) is 30.3 Å². The normalized spacial score (nSPS) is 12.0. The molecule has 5 heteroatoms. The number of rotatable bonds is 6. The van der Waals surface area contributed by atoms with E-state index in [0.29, 0.717) is 10.6 Å². The molecule has 0 spiro atoms. The summed E-state index contributed by atoms with van der Waals surface area (Å²) in [6.45, 7) is 1.99. The third-order valence-electron chi connectivity index (χ3n) is 3.91. The lowest BCUT2D eigenvalue weighted by Crippen LogP contribution is -2.19. The molecule has 0 radical (unpaired) electrons. The van der Waals surface area contributed by atoms with E-state index in [2.05, 4.69) is 10.5 Å². The zero-order valence-electron chi connectivity index (χ0n) is 14.5. The van der Waals surface area contributed by atoms with Gasteiger partial charge in [-0.15, -0.1) is 0 Å². The third-order valence-corrected chi connectivity index (χ3v) is 5.55. The Hall–Kier alpha value is -2.92. The first-order valence-electron chi connectivity index (χ1n) is 8.27. The lowest BCUT2D eigenvalue weighted by Gasteiger charge is -2.10. The number of anilines is 1. The predicted molar refractivity (Wildman–Crippen MR) is 106 cm³/mol. The summed E-state index contributed by atoms with van der Waals surface area (Å²) in [6.07, 6.45) is 0. The van der Waals surface area contributed by atoms with Gasteiger partial charge < -0.3 is 0 Å². The smallest absolute Gasteiger partial charge is 0.184 e. The molecule has 26 heavy (non-hydrogen) atoms. The summed E-state index contributed by atoms with van der Waals surface area (Å²) in [7, 11) is -3.49. The zero-order valence-corrected chi connectivity index (χ0v) is 15.3. The quantitative estimate of drug-likeness (QED) is 0.524. The fourth-order valence-electron chi connectivity index (χ4n) is 2.46. The molecule has 0 saturated heterocycles. The molecule has 3 rings (SSSR count). The molecular weight excluding hydrogens is 344 g/mol. The van der Waals surface area contributed by atoms with E-state index < -0.39 is 9.84 Å². The van der Waals surface area contributed by atoms with Gasteiger partial charge in [-0.05, 0) is 36.8 Å². The molecule has 0 aliphatic heterocycles. The number of para-hydroxylation sites is 1. The van der Waals surface area contributed by atoms with Crippen LogP contribution in [-0.2, 0) is 9.84 Å². The van der Waals surface area contributed by atoms with E-state index in [1.165, 1.54) is 0 Å². The first-order valence-corrected chi connectivity index (χ1v) is 9.92. The summed E-state index contributed by atoms with van der Waals surface area (Å²) < 4.78 is 25.6. The predicted octanol–water partition coefficient (Wildman–Crippen LogP) is 4.29. The molecule has 1 N–H and O–H groups in total. The van der Waals surface area contributed by atoms with Crippen molar-refractivity contribution in [2.24, 2.45) is 5.10 Å². The van der Waals surface area contributed by atoms with Crippen LogP contribution in [-0.4, -0.2) is 19.9 Å². The Balaban J connectivity index is 1.94. The molecule has 0 bridgehead atoms. The average Bonchev–Trinajstić information content (AvgIpc) is 2.67. The summed E-state index contributed by atoms with van der Waals surface area (Å²) in [5, 5.41) is 4.39. The lowest BCUT2D eigenvalue weighted by atomic mass is 10.1. The van der Waals surface area contributed by atoms with Crippen LogP contribution in [0.1, 0.15) is 11.1 Å². The van der Waals surface area contributed by atoms with Gasteiger partial charge in [-0.25, -0.2) is 8.42 Å². The SMILES string of the molecule is Cc1ccc(/C(CS(=O)(=O)c2ccccc2)=N\Nc2ccccc2)cc1. The number of nitrogens with zero attached hydrogens (tertiary/aromatic N) is 1. The monoisotopic (exact) mass is 364 g/mol. The Labute approximate surface area is 154 Å². The molecule has 0 atom stereocenters. The Kier molecular flexibility index (Phi) is 5.49. The molecular formula is C21H20N2O2S. The number of sulfone groups is 1. The van der Waals surface area contributed by atoms with Gasteiger partial charge in [0.15, 0.2) is 9.84 Å². The second-order valence-corrected chi connectivity index (χ2v) is 7.96. The molecule has 0 heterocycles. The number of aryl methyl sites for hydroxylation is 1. The fraction of sp³-hybridized carbons (Fsp3) is 0.0952. The van der Waals surface area contributed by atoms with Crippen molar-refractivity contribution in [3.8, 4) is 0 Å². The van der Waals surface area contributed by atoms with Gasteiger partial charge in [-0.1, -0.05) is 66.2 Å². The van der Waals surface area contributed by atoms with Crippen molar-refractivity contribution in [1.29, 1.82) is 0 Å². The highest BCUT2D eigenvalue weighted by molar-refractivity contribution is 7.92. The van der Waals surface area contributed by atoms with Crippen molar-refractivity contribution < 1.29 is 8.42 Å². The maximum atomic E-state index is 12.8. The highest BCUT2D eigenvalue weighted by Crippen LogP contribution is 2.15. The maximum Gasteiger partial charge on any atom is 0.184 e. The average molecular weight is 364 g/mol. The van der Waals surface area contributed by atoms with Crippen LogP contribution in [0.15, 0.2) is 94.9 Å². The Morgan fingerprint density at radius 1 is 0.846 bits per heavy atom. The summed E-state index contributed by atoms with van der Waals surface area (Å²) in [5.41, 5.74) is 6.11. The van der Waals surface area contributed by atoms with E-state index in [-0.39, 0.29) is 5.75 Å². The van der Waals surface area contributed by atoms with E-state index in [0.717, 1.165) is 16.8 Å². The number of hydrogen-bond acceptors (Lipinski definition) is 4. The van der Waals surface area contributed by atoms with Crippen molar-refractivity contribution in [2.75, 3.05) is 11.2 Å². The van der Waals surface area contributed by atoms with Crippen LogP contribution in [0.3, 0.4) is 0 Å². The molecule has 0 unspecified atom stereocenters. The highest BCUT2D eigenvalue weighted by atomic mass is 32.2. The second-order valence-electron chi connectivity index (χ2n) is 5.97. The highest BCUT2D eigenvalue weighted by Gasteiger charge is 2.19. The molecule has 0 saturated carbocycles. The molecule has 0 fully saturated rings. The van der Waals surface area contributed by atoms with Crippen LogP contribution in [0.25, 0.3) is 0 Å². The van der Waals surface area contributed by atoms with Gasteiger partial charge in [0.05, 0.1) is 22.0 Å². The zero-order chi connectivity index (χ0) is 18.4. The van der Waals surface area contributed by atoms with Crippen molar-refractivity contribution >= 4 is 21.2 Å². The van der Waals surface area contributed by atoms with E-state index >= 15 is 0 Å². The van der Waals surface area contributed by atoms with Crippen LogP contribution in [0, 0.1) is 6.92 Å². The van der Waals surface area contributed by atoms with Crippen LogP contribution >= 0.6 is 0 Å². The molecule has 3 aromatic carbocycles. The Morgan fingerprint density at radius 2 is 1.42 bits per heavy atom. The van der Waals surface area contributed by atoms with E-state index in [1.807, 2.05) is 61.5 Å². The minimum absolute atomic E-state index is 0.181. The van der Waals surface area contributed by atoms with Gasteiger partial charge in [0.1, 0.15) is 0 Å². The standard InChI is InChI=1S/C21H20N2O2S/c1-17-12-14-18(15-13-17)21(23-22-19-8-4-2-5-9-19)16-26(24,25)20-10-6-3-7-11-20/h2-15,22H,16H2,1H3/b23-21-. The van der Waals surface area contributed by atoms with Crippen LogP contribution in [0.4, 0.5) is 5.69 Å². The lowest BCUT2D eigenvalue weighted by molar-refractivity contribution is 0.600. The Bertz CT molecular complexity index is 981. The van der Waals surface area contributed by atoms with E-state index in [9.17, 15) is 8.42 Å². The maximum absolute atomic E-state index is 12.8. The summed E-state index contributed by atoms with van der Waals surface area (Å²) in [6, 6.07) is 25.6. The molecule has 3 aromatic rings. The number of hydrogen-bond donors (Lipinski definition) is 1. The van der Waals surface area contributed by atoms with Crippen LogP contribution < -0.4 is 5.43 Å². The minimum Gasteiger partial charge on any atom is -0.278 e. The Morgan fingerprint density at radius 3 is 2.04 bits per heavy atom. The topological polar surface area (TPSA) is 58.5 Å². The van der Waals surface area contributed by atoms with Crippen molar-refractivity contribution in [2.45, 2.75) is 11.8 Å². The first kappa shape index (κ1) is 17.9. The van der Waals surface area contributed by atoms with Crippen LogP contribution in [0.2, 0.25) is 0 Å². The molecule has 0 amide bonds. The first-order chi connectivity index (χ1) is 12.5. The van der Waals surface area contributed by atoms with Gasteiger partial charge in [0, 0.05) is 0 Å². The van der Waals surface area contributed by atoms with Crippen molar-refractivity contribution in [3.05, 3.63) is 96.1 Å². The minimum atomic E-state index is -3.49. The van der Waals surface area contributed by atoms with Gasteiger partial charge in [0.2, 0.25) is 0 Å². The summed E-state index contributed by atoms with van der Waals surface area (Å²) in [4.78, 5) is 0.291. The van der Waals surface area contributed by atoms with Gasteiger partial charge >= 0.3 is 0 Å². The van der Waals surface area contributed by atoms with E-state index in [4.69, 9.17) is 0 Å². The largest absolute Gasteiger partial charge is 0.278 e. The van der Waals surface area contributed by atoms with Crippen molar-refractivity contribution in [3.63, 3.8) is 0 Å². The fourth-order valence-corrected chi connectivity index (χ4v) is 3.79. The second kappa shape index (κ2) is 7.97. The van der Waals surface area contributed by atoms with Crippen LogP contribution in [0.5, 0.6) is 0 Å². The number of benzene rings is 3. The summed E-state index contributed by atoms with van der Waals surface area (Å²) in [5.74, 6) is -0.181. The molecule has 4 nitrogen and oxygen atoms in total. The van der Waals surface area contributed by atoms with Gasteiger partial charge in [-0.2, -0.15) is 5.10 Å².